The van der Waals surface area contributed by atoms with Crippen LogP contribution in [-0.4, -0.2) is 24.1 Å². The number of fused-ring (bicyclic) bond motifs is 1. The Kier molecular flexibility index (Phi) is 5.28. The number of nitrogens with one attached hydrogen (secondary N) is 1. The van der Waals surface area contributed by atoms with Crippen LogP contribution >= 0.6 is 11.6 Å². The fraction of sp³-hybridized carbons (Fsp3) is 0.200. The van der Waals surface area contributed by atoms with Crippen molar-refractivity contribution in [3.05, 3.63) is 59.2 Å². The maximum Gasteiger partial charge on any atom is 0.265 e. The summed E-state index contributed by atoms with van der Waals surface area (Å²) in [6, 6.07) is 12.6. The maximum atomic E-state index is 12.6. The van der Waals surface area contributed by atoms with E-state index in [0.29, 0.717) is 27.7 Å². The molecular weight excluding hydrogens is 352 g/mol. The van der Waals surface area contributed by atoms with Gasteiger partial charge in [0, 0.05) is 16.6 Å². The van der Waals surface area contributed by atoms with Crippen LogP contribution in [0.2, 0.25) is 5.02 Å². The second-order valence-electron chi connectivity index (χ2n) is 5.88. The second-order valence-corrected chi connectivity index (χ2v) is 6.28. The van der Waals surface area contributed by atoms with Crippen LogP contribution in [0.15, 0.2) is 48.7 Å². The summed E-state index contributed by atoms with van der Waals surface area (Å²) in [5.41, 5.74) is 2.24. The van der Waals surface area contributed by atoms with Crippen molar-refractivity contribution >= 4 is 34.1 Å². The zero-order valence-corrected chi connectivity index (χ0v) is 15.5. The third-order valence-corrected chi connectivity index (χ3v) is 4.45. The summed E-state index contributed by atoms with van der Waals surface area (Å²) >= 11 is 6.02. The fourth-order valence-corrected chi connectivity index (χ4v) is 2.72. The average molecular weight is 371 g/mol. The Morgan fingerprint density at radius 1 is 1.23 bits per heavy atom. The number of hydrogen-bond acceptors (Lipinski definition) is 4. The van der Waals surface area contributed by atoms with Gasteiger partial charge in [0.1, 0.15) is 17.0 Å². The molecule has 134 valence electrons. The molecule has 0 aliphatic carbocycles. The Labute approximate surface area is 156 Å². The van der Waals surface area contributed by atoms with Crippen LogP contribution in [0, 0.1) is 6.92 Å². The molecular formula is C20H19ClN2O3. The van der Waals surface area contributed by atoms with Gasteiger partial charge in [-0.2, -0.15) is 0 Å². The molecule has 0 aliphatic heterocycles. The van der Waals surface area contributed by atoms with Gasteiger partial charge in [-0.15, -0.1) is 0 Å². The molecule has 0 spiro atoms. The van der Waals surface area contributed by atoms with E-state index in [1.165, 1.54) is 0 Å². The first-order valence-corrected chi connectivity index (χ1v) is 8.53. The van der Waals surface area contributed by atoms with Crippen molar-refractivity contribution in [2.75, 3.05) is 12.4 Å². The van der Waals surface area contributed by atoms with Crippen LogP contribution in [0.4, 0.5) is 5.69 Å². The lowest BCUT2D eigenvalue weighted by Crippen LogP contribution is -2.30. The van der Waals surface area contributed by atoms with Crippen molar-refractivity contribution in [2.24, 2.45) is 0 Å². The monoisotopic (exact) mass is 370 g/mol. The largest absolute Gasteiger partial charge is 0.494 e. The highest BCUT2D eigenvalue weighted by Crippen LogP contribution is 2.30. The molecule has 3 rings (SSSR count). The topological polar surface area (TPSA) is 60.5 Å². The highest BCUT2D eigenvalue weighted by molar-refractivity contribution is 6.31. The molecule has 3 aromatic rings. The minimum Gasteiger partial charge on any atom is -0.494 e. The van der Waals surface area contributed by atoms with E-state index < -0.39 is 6.10 Å². The Morgan fingerprint density at radius 3 is 2.77 bits per heavy atom. The number of rotatable bonds is 5. The van der Waals surface area contributed by atoms with E-state index in [9.17, 15) is 4.79 Å². The molecule has 5 nitrogen and oxygen atoms in total. The molecule has 0 aliphatic rings. The van der Waals surface area contributed by atoms with Gasteiger partial charge in [0.2, 0.25) is 0 Å². The van der Waals surface area contributed by atoms with Gasteiger partial charge in [-0.05, 0) is 61.9 Å². The van der Waals surface area contributed by atoms with Crippen molar-refractivity contribution in [3.8, 4) is 11.5 Å². The number of ether oxygens (including phenoxy) is 2. The van der Waals surface area contributed by atoms with Crippen molar-refractivity contribution in [1.29, 1.82) is 0 Å². The number of carbonyl (C=O) groups is 1. The number of aryl methyl sites for hydroxylation is 1. The first-order chi connectivity index (χ1) is 12.5. The van der Waals surface area contributed by atoms with Gasteiger partial charge in [-0.3, -0.25) is 9.78 Å². The van der Waals surface area contributed by atoms with Gasteiger partial charge < -0.3 is 14.8 Å². The number of amides is 1. The van der Waals surface area contributed by atoms with Crippen LogP contribution in [0.5, 0.6) is 11.5 Å². The Bertz CT molecular complexity index is 959. The molecule has 1 aromatic heterocycles. The number of benzene rings is 2. The number of pyridine rings is 1. The summed E-state index contributed by atoms with van der Waals surface area (Å²) in [6.45, 7) is 3.58. The molecule has 0 saturated carbocycles. The molecule has 1 atom stereocenters. The van der Waals surface area contributed by atoms with E-state index in [0.717, 1.165) is 10.9 Å². The predicted molar refractivity (Wildman–Crippen MR) is 103 cm³/mol. The van der Waals surface area contributed by atoms with Crippen molar-refractivity contribution in [3.63, 3.8) is 0 Å². The fourth-order valence-electron chi connectivity index (χ4n) is 2.60. The lowest BCUT2D eigenvalue weighted by Gasteiger charge is -2.16. The number of carbonyl (C=O) groups excluding carboxylic acids is 1. The van der Waals surface area contributed by atoms with Crippen molar-refractivity contribution in [2.45, 2.75) is 20.0 Å². The molecule has 0 saturated heterocycles. The van der Waals surface area contributed by atoms with E-state index in [1.54, 1.807) is 50.6 Å². The minimum absolute atomic E-state index is 0.257. The number of halogens is 1. The maximum absolute atomic E-state index is 12.6. The van der Waals surface area contributed by atoms with Crippen LogP contribution in [0.25, 0.3) is 10.9 Å². The predicted octanol–water partition coefficient (Wildman–Crippen LogP) is 4.61. The zero-order valence-electron chi connectivity index (χ0n) is 14.7. The zero-order chi connectivity index (χ0) is 18.7. The summed E-state index contributed by atoms with van der Waals surface area (Å²) in [5.74, 6) is 0.989. The normalized spacial score (nSPS) is 11.8. The Balaban J connectivity index is 1.79. The molecule has 2 aromatic carbocycles. The Hall–Kier alpha value is -2.79. The summed E-state index contributed by atoms with van der Waals surface area (Å²) in [7, 11) is 1.59. The van der Waals surface area contributed by atoms with Gasteiger partial charge >= 0.3 is 0 Å². The smallest absolute Gasteiger partial charge is 0.265 e. The minimum atomic E-state index is -0.676. The van der Waals surface area contributed by atoms with Gasteiger partial charge in [-0.1, -0.05) is 11.6 Å². The van der Waals surface area contributed by atoms with Crippen LogP contribution in [0.1, 0.15) is 12.5 Å². The highest BCUT2D eigenvalue weighted by Gasteiger charge is 2.17. The van der Waals surface area contributed by atoms with E-state index in [-0.39, 0.29) is 5.91 Å². The number of anilines is 1. The third-order valence-electron chi connectivity index (χ3n) is 4.02. The Morgan fingerprint density at radius 2 is 2.04 bits per heavy atom. The summed E-state index contributed by atoms with van der Waals surface area (Å²) < 4.78 is 11.1. The summed E-state index contributed by atoms with van der Waals surface area (Å²) in [4.78, 5) is 16.9. The van der Waals surface area contributed by atoms with Gasteiger partial charge in [0.15, 0.2) is 6.10 Å². The number of nitrogens with zero attached hydrogens (tertiary/aromatic N) is 1. The number of aromatic nitrogens is 1. The molecule has 26 heavy (non-hydrogen) atoms. The van der Waals surface area contributed by atoms with Gasteiger partial charge in [0.05, 0.1) is 12.8 Å². The molecule has 0 fully saturated rings. The average Bonchev–Trinajstić information content (AvgIpc) is 2.65. The SMILES string of the molecule is COc1ccc(NC(=O)C(C)Oc2ccc(Cl)c(C)c2)c2cccnc12. The van der Waals surface area contributed by atoms with E-state index in [2.05, 4.69) is 10.3 Å². The van der Waals surface area contributed by atoms with Crippen molar-refractivity contribution in [1.82, 2.24) is 4.98 Å². The number of methoxy groups -OCH3 is 1. The van der Waals surface area contributed by atoms with Crippen LogP contribution in [-0.2, 0) is 4.79 Å². The van der Waals surface area contributed by atoms with Crippen molar-refractivity contribution < 1.29 is 14.3 Å². The molecule has 1 heterocycles. The standard InChI is InChI=1S/C20H19ClN2O3/c1-12-11-14(6-7-16(12)21)26-13(2)20(24)23-17-8-9-18(25-3)19-15(17)5-4-10-22-19/h4-11,13H,1-3H3,(H,23,24). The second kappa shape index (κ2) is 7.62. The van der Waals surface area contributed by atoms with Gasteiger partial charge in [0.25, 0.3) is 5.91 Å². The first kappa shape index (κ1) is 18.0. The molecule has 1 unspecified atom stereocenters. The summed E-state index contributed by atoms with van der Waals surface area (Å²) in [6.07, 6.45) is 1.01. The summed E-state index contributed by atoms with van der Waals surface area (Å²) in [5, 5.41) is 4.36. The van der Waals surface area contributed by atoms with E-state index in [1.807, 2.05) is 19.1 Å². The van der Waals surface area contributed by atoms with Gasteiger partial charge in [-0.25, -0.2) is 0 Å². The van der Waals surface area contributed by atoms with Crippen LogP contribution < -0.4 is 14.8 Å². The van der Waals surface area contributed by atoms with E-state index in [4.69, 9.17) is 21.1 Å². The molecule has 6 heteroatoms. The molecule has 1 amide bonds. The third kappa shape index (κ3) is 3.73. The van der Waals surface area contributed by atoms with Crippen LogP contribution in [0.3, 0.4) is 0 Å². The first-order valence-electron chi connectivity index (χ1n) is 8.15. The lowest BCUT2D eigenvalue weighted by molar-refractivity contribution is -0.122. The quantitative estimate of drug-likeness (QED) is 0.712. The molecule has 0 radical (unpaired) electrons. The molecule has 1 N–H and O–H groups in total. The van der Waals surface area contributed by atoms with E-state index >= 15 is 0 Å². The molecule has 0 bridgehead atoms. The highest BCUT2D eigenvalue weighted by atomic mass is 35.5. The lowest BCUT2D eigenvalue weighted by atomic mass is 10.1. The number of hydrogen-bond donors (Lipinski definition) is 1.